The fraction of sp³-hybridized carbons (Fsp3) is 0.0175. The Morgan fingerprint density at radius 3 is 1.28 bits per heavy atom. The number of hydrogen-bond acceptors (Lipinski definition) is 3. The van der Waals surface area contributed by atoms with E-state index in [1.807, 2.05) is 59.9 Å². The molecule has 10 aromatic rings. The number of aryl methyl sites for hydroxylation is 1. The van der Waals surface area contributed by atoms with Crippen molar-refractivity contribution in [1.29, 1.82) is 10.8 Å². The lowest BCUT2D eigenvalue weighted by Gasteiger charge is -2.13. The Labute approximate surface area is 362 Å². The van der Waals surface area contributed by atoms with Crippen molar-refractivity contribution in [2.45, 2.75) is 6.92 Å². The fourth-order valence-electron chi connectivity index (χ4n) is 7.52. The lowest BCUT2D eigenvalue weighted by Crippen LogP contribution is -2.10. The Kier molecular flexibility index (Phi) is 12.5. The summed E-state index contributed by atoms with van der Waals surface area (Å²) in [6.07, 6.45) is 1.51. The van der Waals surface area contributed by atoms with Crippen LogP contribution in [0.2, 0.25) is 0 Å². The van der Waals surface area contributed by atoms with Crippen molar-refractivity contribution in [3.8, 4) is 55.6 Å². The highest BCUT2D eigenvalue weighted by Gasteiger charge is 2.19. The molecule has 0 unspecified atom stereocenters. The minimum atomic E-state index is 0.121. The molecule has 0 atom stereocenters. The Hall–Kier alpha value is -7.66. The van der Waals surface area contributed by atoms with Gasteiger partial charge in [0.25, 0.3) is 0 Å². The molecule has 10 rings (SSSR count). The number of rotatable bonds is 7. The van der Waals surface area contributed by atoms with Crippen LogP contribution in [0, 0.1) is 17.7 Å². The van der Waals surface area contributed by atoms with E-state index in [4.69, 9.17) is 16.6 Å². The molecule has 4 N–H and O–H groups in total. The van der Waals surface area contributed by atoms with Crippen LogP contribution in [0.5, 0.6) is 0 Å². The van der Waals surface area contributed by atoms with E-state index < -0.39 is 0 Å². The molecule has 61 heavy (non-hydrogen) atoms. The van der Waals surface area contributed by atoms with Crippen LogP contribution in [0.4, 0.5) is 0 Å². The number of nitrogens with one attached hydrogen (secondary N) is 2. The van der Waals surface area contributed by atoms with Gasteiger partial charge in [-0.2, -0.15) is 0 Å². The van der Waals surface area contributed by atoms with Crippen LogP contribution in [0.25, 0.3) is 75.8 Å². The monoisotopic (exact) mass is 803 g/mol. The lowest BCUT2D eigenvalue weighted by molar-refractivity contribution is 1.42. The molecule has 0 bridgehead atoms. The molecule has 1 aromatic heterocycles. The molecule has 0 fully saturated rings. The molecular weight excluding hydrogens is 759 g/mol. The van der Waals surface area contributed by atoms with Gasteiger partial charge >= 0.3 is 0 Å². The second kappa shape index (κ2) is 18.9. The highest BCUT2D eigenvalue weighted by molar-refractivity contribution is 7.27. The highest BCUT2D eigenvalue weighted by atomic mass is 32.1. The van der Waals surface area contributed by atoms with Crippen molar-refractivity contribution < 1.29 is 0 Å². The number of thiophene rings is 1. The molecule has 0 radical (unpaired) electrons. The molecule has 294 valence electrons. The Bertz CT molecular complexity index is 2980. The first-order valence-corrected chi connectivity index (χ1v) is 21.1. The summed E-state index contributed by atoms with van der Waals surface area (Å²) in [4.78, 5) is 0. The second-order valence-corrected chi connectivity index (χ2v) is 15.8. The van der Waals surface area contributed by atoms with Gasteiger partial charge in [-0.05, 0) is 87.3 Å². The summed E-state index contributed by atoms with van der Waals surface area (Å²) < 4.78 is 2.45. The van der Waals surface area contributed by atoms with Crippen molar-refractivity contribution in [3.05, 3.63) is 241 Å². The summed E-state index contributed by atoms with van der Waals surface area (Å²) in [5.41, 5.74) is 20.1. The summed E-state index contributed by atoms with van der Waals surface area (Å²) in [5.74, 6) is 0.121. The molecule has 0 aliphatic carbocycles. The van der Waals surface area contributed by atoms with Crippen LogP contribution in [-0.2, 0) is 0 Å². The van der Waals surface area contributed by atoms with Crippen LogP contribution < -0.4 is 5.73 Å². The van der Waals surface area contributed by atoms with E-state index in [2.05, 4.69) is 183 Å². The van der Waals surface area contributed by atoms with Gasteiger partial charge in [-0.15, -0.1) is 11.3 Å². The molecule has 0 saturated heterocycles. The maximum absolute atomic E-state index is 8.42. The maximum Gasteiger partial charge on any atom is 0.122 e. The minimum absolute atomic E-state index is 0.121. The lowest BCUT2D eigenvalue weighted by atomic mass is 9.91. The Morgan fingerprint density at radius 1 is 0.426 bits per heavy atom. The summed E-state index contributed by atoms with van der Waals surface area (Å²) in [5, 5.41) is 17.8. The average molecular weight is 804 g/mol. The van der Waals surface area contributed by atoms with E-state index in [1.165, 1.54) is 82.2 Å². The molecular formula is C57H45N3S. The first-order valence-electron chi connectivity index (χ1n) is 20.3. The molecule has 0 amide bonds. The summed E-state index contributed by atoms with van der Waals surface area (Å²) in [7, 11) is 0. The van der Waals surface area contributed by atoms with Gasteiger partial charge in [0.2, 0.25) is 0 Å². The second-order valence-electron chi connectivity index (χ2n) is 14.8. The van der Waals surface area contributed by atoms with Gasteiger partial charge in [-0.3, -0.25) is 5.41 Å². The zero-order chi connectivity index (χ0) is 42.0. The van der Waals surface area contributed by atoms with Crippen molar-refractivity contribution in [1.82, 2.24) is 0 Å². The number of hydrogen-bond donors (Lipinski definition) is 3. The zero-order valence-electron chi connectivity index (χ0n) is 33.9. The molecule has 3 nitrogen and oxygen atoms in total. The normalized spacial score (nSPS) is 10.6. The van der Waals surface area contributed by atoms with Crippen LogP contribution in [0.1, 0.15) is 16.7 Å². The van der Waals surface area contributed by atoms with E-state index in [1.54, 1.807) is 0 Å². The van der Waals surface area contributed by atoms with E-state index in [0.29, 0.717) is 0 Å². The third-order valence-electron chi connectivity index (χ3n) is 10.6. The molecule has 0 spiro atoms. The van der Waals surface area contributed by atoms with Crippen LogP contribution in [0.3, 0.4) is 0 Å². The third kappa shape index (κ3) is 9.31. The Morgan fingerprint density at radius 2 is 0.852 bits per heavy atom. The summed E-state index contributed by atoms with van der Waals surface area (Å²) >= 11 is 1.84. The number of nitrogens with two attached hydrogens (primary N) is 1. The van der Waals surface area contributed by atoms with Crippen molar-refractivity contribution in [3.63, 3.8) is 0 Å². The number of nitrogen functional groups attached to an aromatic ring is 1. The molecule has 4 heteroatoms. The SMILES string of the molecule is Cc1ccccc1.N=C(N)c1ccccc1.N=Cc1ccc(-c2cc(-c3ccccc3)cc(-c3ccccc3)c2)c2sc3c(-c4ccccc4)cc(-c4ccccc4)cc3c12. The highest BCUT2D eigenvalue weighted by Crippen LogP contribution is 2.47. The summed E-state index contributed by atoms with van der Waals surface area (Å²) in [6, 6.07) is 77.9. The van der Waals surface area contributed by atoms with Gasteiger partial charge < -0.3 is 11.1 Å². The average Bonchev–Trinajstić information content (AvgIpc) is 3.73. The van der Waals surface area contributed by atoms with Gasteiger partial charge in [0.15, 0.2) is 0 Å². The van der Waals surface area contributed by atoms with Gasteiger partial charge in [-0.1, -0.05) is 200 Å². The smallest absolute Gasteiger partial charge is 0.122 e. The van der Waals surface area contributed by atoms with E-state index in [0.717, 1.165) is 16.5 Å². The molecule has 0 aliphatic rings. The quantitative estimate of drug-likeness (QED) is 0.109. The Balaban J connectivity index is 0.000000268. The van der Waals surface area contributed by atoms with E-state index >= 15 is 0 Å². The van der Waals surface area contributed by atoms with Crippen molar-refractivity contribution in [2.24, 2.45) is 5.73 Å². The summed E-state index contributed by atoms with van der Waals surface area (Å²) in [6.45, 7) is 2.08. The van der Waals surface area contributed by atoms with Crippen molar-refractivity contribution in [2.75, 3.05) is 0 Å². The number of amidine groups is 1. The first-order chi connectivity index (χ1) is 30.0. The standard InChI is InChI=1S/C43H29NS.C7H8N2.C7H8/c44-28-33-21-22-38(37-24-34(29-13-5-1-6-14-29)23-35(25-37)30-15-7-2-8-16-30)43-41(33)40-27-36(31-17-9-3-10-18-31)26-39(42(40)45-43)32-19-11-4-12-20-32;8-7(9)6-4-2-1-3-5-6;1-7-5-3-2-4-6-7/h1-28,44H;1-5H,(H3,8,9);2-6H,1H3. The van der Waals surface area contributed by atoms with Gasteiger partial charge in [-0.25, -0.2) is 0 Å². The maximum atomic E-state index is 8.42. The predicted molar refractivity (Wildman–Crippen MR) is 263 cm³/mol. The van der Waals surface area contributed by atoms with E-state index in [9.17, 15) is 0 Å². The number of benzene rings is 9. The molecule has 0 aliphatic heterocycles. The number of fused-ring (bicyclic) bond motifs is 3. The van der Waals surface area contributed by atoms with Gasteiger partial charge in [0.05, 0.1) is 0 Å². The largest absolute Gasteiger partial charge is 0.384 e. The molecule has 1 heterocycles. The van der Waals surface area contributed by atoms with Crippen LogP contribution in [0.15, 0.2) is 224 Å². The van der Waals surface area contributed by atoms with Gasteiger partial charge in [0, 0.05) is 43.1 Å². The first kappa shape index (κ1) is 40.1. The zero-order valence-corrected chi connectivity index (χ0v) is 34.7. The van der Waals surface area contributed by atoms with Crippen LogP contribution in [-0.4, -0.2) is 12.1 Å². The van der Waals surface area contributed by atoms with E-state index in [-0.39, 0.29) is 5.84 Å². The predicted octanol–water partition coefficient (Wildman–Crippen LogP) is 15.4. The molecule has 9 aromatic carbocycles. The molecule has 0 saturated carbocycles. The van der Waals surface area contributed by atoms with Crippen LogP contribution >= 0.6 is 11.3 Å². The van der Waals surface area contributed by atoms with Crippen molar-refractivity contribution >= 4 is 43.6 Å². The fourth-order valence-corrected chi connectivity index (χ4v) is 8.90. The van der Waals surface area contributed by atoms with Gasteiger partial charge in [0.1, 0.15) is 5.84 Å². The topological polar surface area (TPSA) is 73.7 Å². The minimum Gasteiger partial charge on any atom is -0.384 e. The third-order valence-corrected chi connectivity index (χ3v) is 11.9.